The molecule has 0 radical (unpaired) electrons. The first-order chi connectivity index (χ1) is 8.07. The number of halogens is 1. The highest BCUT2D eigenvalue weighted by molar-refractivity contribution is 5.57. The Hall–Kier alpha value is -1.49. The van der Waals surface area contributed by atoms with E-state index in [1.807, 2.05) is 0 Å². The zero-order valence-corrected chi connectivity index (χ0v) is 10.2. The van der Waals surface area contributed by atoms with Crippen molar-refractivity contribution >= 4 is 0 Å². The second-order valence-corrected chi connectivity index (χ2v) is 4.16. The van der Waals surface area contributed by atoms with E-state index in [2.05, 4.69) is 0 Å². The Labute approximate surface area is 99.5 Å². The first-order valence-corrected chi connectivity index (χ1v) is 5.35. The van der Waals surface area contributed by atoms with Crippen LogP contribution in [0.4, 0.5) is 4.39 Å². The van der Waals surface area contributed by atoms with Crippen molar-refractivity contribution in [1.29, 1.82) is 0 Å². The summed E-state index contributed by atoms with van der Waals surface area (Å²) in [6, 6.07) is 1.46. The van der Waals surface area contributed by atoms with Gasteiger partial charge >= 0.3 is 0 Å². The molecule has 5 heteroatoms. The lowest BCUT2D eigenvalue weighted by Crippen LogP contribution is -2.22. The molecule has 0 saturated heterocycles. The van der Waals surface area contributed by atoms with Gasteiger partial charge in [0.25, 0.3) is 0 Å². The van der Waals surface area contributed by atoms with E-state index in [1.54, 1.807) is 0 Å². The predicted octanol–water partition coefficient (Wildman–Crippen LogP) is 1.80. The third-order valence-electron chi connectivity index (χ3n) is 3.08. The van der Waals surface area contributed by atoms with Crippen LogP contribution in [-0.2, 0) is 5.54 Å². The Kier molecular flexibility index (Phi) is 2.87. The summed E-state index contributed by atoms with van der Waals surface area (Å²) >= 11 is 0. The van der Waals surface area contributed by atoms with Crippen molar-refractivity contribution in [3.05, 3.63) is 17.4 Å². The van der Waals surface area contributed by atoms with Crippen molar-refractivity contribution < 1.29 is 18.6 Å². The van der Waals surface area contributed by atoms with E-state index in [0.29, 0.717) is 17.1 Å². The summed E-state index contributed by atoms with van der Waals surface area (Å²) in [5.74, 6) is 0.433. The van der Waals surface area contributed by atoms with Gasteiger partial charge in [-0.15, -0.1) is 0 Å². The molecule has 0 amide bonds. The highest BCUT2D eigenvalue weighted by Gasteiger charge is 2.46. The number of ether oxygens (including phenoxy) is 3. The zero-order chi connectivity index (χ0) is 12.6. The Morgan fingerprint density at radius 2 is 1.71 bits per heavy atom. The highest BCUT2D eigenvalue weighted by atomic mass is 19.1. The van der Waals surface area contributed by atoms with E-state index < -0.39 is 11.4 Å². The molecule has 0 heterocycles. The third kappa shape index (κ3) is 1.80. The SMILES string of the molecule is COc1cc(OC)c(OC)c(C2(N)CC2)c1F. The van der Waals surface area contributed by atoms with Gasteiger partial charge in [0.15, 0.2) is 23.1 Å². The largest absolute Gasteiger partial charge is 0.494 e. The minimum atomic E-state index is -0.656. The summed E-state index contributed by atoms with van der Waals surface area (Å²) in [4.78, 5) is 0. The van der Waals surface area contributed by atoms with Crippen molar-refractivity contribution in [3.63, 3.8) is 0 Å². The summed E-state index contributed by atoms with van der Waals surface area (Å²) in [7, 11) is 4.37. The summed E-state index contributed by atoms with van der Waals surface area (Å²) in [6.45, 7) is 0. The minimum Gasteiger partial charge on any atom is -0.494 e. The lowest BCUT2D eigenvalue weighted by atomic mass is 10.0. The third-order valence-corrected chi connectivity index (χ3v) is 3.08. The Morgan fingerprint density at radius 1 is 1.12 bits per heavy atom. The average Bonchev–Trinajstić information content (AvgIpc) is 3.07. The van der Waals surface area contributed by atoms with Gasteiger partial charge < -0.3 is 19.9 Å². The predicted molar refractivity (Wildman–Crippen MR) is 61.2 cm³/mol. The molecule has 2 rings (SSSR count). The van der Waals surface area contributed by atoms with E-state index in [9.17, 15) is 4.39 Å². The van der Waals surface area contributed by atoms with Crippen molar-refractivity contribution in [1.82, 2.24) is 0 Å². The lowest BCUT2D eigenvalue weighted by molar-refractivity contribution is 0.330. The fourth-order valence-corrected chi connectivity index (χ4v) is 1.93. The highest BCUT2D eigenvalue weighted by Crippen LogP contribution is 2.52. The molecule has 1 saturated carbocycles. The molecule has 2 N–H and O–H groups in total. The van der Waals surface area contributed by atoms with Crippen LogP contribution >= 0.6 is 0 Å². The van der Waals surface area contributed by atoms with E-state index in [-0.39, 0.29) is 5.75 Å². The van der Waals surface area contributed by atoms with Gasteiger partial charge in [0.2, 0.25) is 0 Å². The van der Waals surface area contributed by atoms with Crippen LogP contribution in [0.5, 0.6) is 17.2 Å². The molecule has 1 aromatic rings. The maximum absolute atomic E-state index is 14.2. The van der Waals surface area contributed by atoms with Gasteiger partial charge in [-0.05, 0) is 12.8 Å². The molecule has 0 aliphatic heterocycles. The van der Waals surface area contributed by atoms with Gasteiger partial charge in [0, 0.05) is 11.6 Å². The van der Waals surface area contributed by atoms with Crippen molar-refractivity contribution in [3.8, 4) is 17.2 Å². The number of hydrogen-bond acceptors (Lipinski definition) is 4. The monoisotopic (exact) mass is 241 g/mol. The second-order valence-electron chi connectivity index (χ2n) is 4.16. The van der Waals surface area contributed by atoms with Crippen LogP contribution in [0.25, 0.3) is 0 Å². The molecule has 1 aliphatic carbocycles. The molecule has 0 atom stereocenters. The molecule has 1 aromatic carbocycles. The van der Waals surface area contributed by atoms with Gasteiger partial charge in [-0.25, -0.2) is 4.39 Å². The van der Waals surface area contributed by atoms with Gasteiger partial charge in [-0.3, -0.25) is 0 Å². The first kappa shape index (κ1) is 12.0. The minimum absolute atomic E-state index is 0.120. The van der Waals surface area contributed by atoms with Crippen LogP contribution in [0.3, 0.4) is 0 Å². The summed E-state index contributed by atoms with van der Waals surface area (Å²) in [5.41, 5.74) is 5.75. The molecule has 0 spiro atoms. The van der Waals surface area contributed by atoms with Crippen LogP contribution in [0.1, 0.15) is 18.4 Å². The summed E-state index contributed by atoms with van der Waals surface area (Å²) in [5, 5.41) is 0. The smallest absolute Gasteiger partial charge is 0.174 e. The normalized spacial score (nSPS) is 16.5. The lowest BCUT2D eigenvalue weighted by Gasteiger charge is -2.19. The van der Waals surface area contributed by atoms with Crippen molar-refractivity contribution in [2.75, 3.05) is 21.3 Å². The fourth-order valence-electron chi connectivity index (χ4n) is 1.93. The fraction of sp³-hybridized carbons (Fsp3) is 0.500. The quantitative estimate of drug-likeness (QED) is 0.873. The first-order valence-electron chi connectivity index (χ1n) is 5.35. The Balaban J connectivity index is 2.67. The summed E-state index contributed by atoms with van der Waals surface area (Å²) < 4.78 is 29.6. The van der Waals surface area contributed by atoms with E-state index >= 15 is 0 Å². The molecule has 1 fully saturated rings. The molecule has 0 unspecified atom stereocenters. The molecule has 0 aromatic heterocycles. The number of benzene rings is 1. The number of methoxy groups -OCH3 is 3. The average molecular weight is 241 g/mol. The van der Waals surface area contributed by atoms with Crippen LogP contribution in [0.2, 0.25) is 0 Å². The van der Waals surface area contributed by atoms with Crippen LogP contribution in [0.15, 0.2) is 6.07 Å². The zero-order valence-electron chi connectivity index (χ0n) is 10.2. The van der Waals surface area contributed by atoms with Gasteiger partial charge in [-0.1, -0.05) is 0 Å². The van der Waals surface area contributed by atoms with Gasteiger partial charge in [0.1, 0.15) is 0 Å². The van der Waals surface area contributed by atoms with E-state index in [4.69, 9.17) is 19.9 Å². The molecule has 1 aliphatic rings. The molecule has 94 valence electrons. The topological polar surface area (TPSA) is 53.7 Å². The Bertz CT molecular complexity index is 444. The maximum atomic E-state index is 14.2. The van der Waals surface area contributed by atoms with Crippen molar-refractivity contribution in [2.45, 2.75) is 18.4 Å². The molecule has 4 nitrogen and oxygen atoms in total. The molecule has 0 bridgehead atoms. The van der Waals surface area contributed by atoms with Crippen LogP contribution < -0.4 is 19.9 Å². The van der Waals surface area contributed by atoms with Crippen LogP contribution in [0, 0.1) is 5.82 Å². The Morgan fingerprint density at radius 3 is 2.12 bits per heavy atom. The molecule has 17 heavy (non-hydrogen) atoms. The molecular formula is C12H16FNO3. The maximum Gasteiger partial charge on any atom is 0.174 e. The van der Waals surface area contributed by atoms with Gasteiger partial charge in [0.05, 0.1) is 26.9 Å². The van der Waals surface area contributed by atoms with E-state index in [1.165, 1.54) is 27.4 Å². The number of rotatable bonds is 4. The standard InChI is InChI=1S/C12H16FNO3/c1-15-7-6-8(16-2)11(17-3)9(10(7)13)12(14)4-5-12/h6H,4-5,14H2,1-3H3. The van der Waals surface area contributed by atoms with Gasteiger partial charge in [-0.2, -0.15) is 0 Å². The number of nitrogens with two attached hydrogens (primary N) is 1. The van der Waals surface area contributed by atoms with Crippen LogP contribution in [-0.4, -0.2) is 21.3 Å². The summed E-state index contributed by atoms with van der Waals surface area (Å²) in [6.07, 6.45) is 1.47. The molecular weight excluding hydrogens is 225 g/mol. The number of hydrogen-bond donors (Lipinski definition) is 1. The van der Waals surface area contributed by atoms with Crippen molar-refractivity contribution in [2.24, 2.45) is 5.73 Å². The second kappa shape index (κ2) is 4.07. The van der Waals surface area contributed by atoms with E-state index in [0.717, 1.165) is 12.8 Å².